The topological polar surface area (TPSA) is 69.6 Å². The maximum Gasteiger partial charge on any atom is 0.306 e. The Morgan fingerprint density at radius 3 is 2.38 bits per heavy atom. The molecule has 0 spiro atoms. The summed E-state index contributed by atoms with van der Waals surface area (Å²) in [5.41, 5.74) is 1.43. The summed E-state index contributed by atoms with van der Waals surface area (Å²) >= 11 is 0. The Labute approximate surface area is 76.7 Å². The number of carbonyl (C=O) groups is 1. The third-order valence-corrected chi connectivity index (χ3v) is 1.71. The molecule has 0 unspecified atom stereocenters. The first kappa shape index (κ1) is 12.3. The average molecular weight is 193 g/mol. The van der Waals surface area contributed by atoms with Gasteiger partial charge in [0.05, 0.1) is 18.6 Å². The van der Waals surface area contributed by atoms with Gasteiger partial charge >= 0.3 is 5.97 Å². The fourth-order valence-corrected chi connectivity index (χ4v) is 1.10. The molecule has 2 atom stereocenters. The highest BCUT2D eigenvalue weighted by Gasteiger charge is 2.22. The summed E-state index contributed by atoms with van der Waals surface area (Å²) in [7, 11) is 0. The molecule has 0 aromatic carbocycles. The van der Waals surface area contributed by atoms with Crippen LogP contribution in [-0.4, -0.2) is 28.3 Å². The summed E-state index contributed by atoms with van der Waals surface area (Å²) in [6, 6.07) is -0.795. The van der Waals surface area contributed by atoms with Gasteiger partial charge in [0.25, 0.3) is 0 Å². The number of aliphatic carboxylic acids is 1. The van der Waals surface area contributed by atoms with E-state index in [-0.39, 0.29) is 5.92 Å². The lowest BCUT2D eigenvalue weighted by Gasteiger charge is -2.20. The molecule has 0 aliphatic carbocycles. The molecule has 0 fully saturated rings. The van der Waals surface area contributed by atoms with Crippen LogP contribution < -0.4 is 5.54 Å². The lowest BCUT2D eigenvalue weighted by molar-refractivity contribution is -0.139. The summed E-state index contributed by atoms with van der Waals surface area (Å²) in [5.74, 6) is -0.923. The van der Waals surface area contributed by atoms with E-state index in [2.05, 4.69) is 0 Å². The second-order valence-electron chi connectivity index (χ2n) is 3.51. The van der Waals surface area contributed by atoms with Gasteiger partial charge in [-0.3, -0.25) is 4.79 Å². The van der Waals surface area contributed by atoms with E-state index in [1.807, 2.05) is 13.8 Å². The van der Waals surface area contributed by atoms with E-state index in [1.54, 1.807) is 0 Å². The standard InChI is InChI=1S/C8H16FNO3/c1-5(2)3-6(10-9)7(11)4-8(12)13/h5-7,10-11H,3-4H2,1-2H3,(H,12,13)/t6-,7-/m0/s1. The van der Waals surface area contributed by atoms with Gasteiger partial charge in [0.1, 0.15) is 0 Å². The minimum atomic E-state index is -1.18. The van der Waals surface area contributed by atoms with E-state index in [9.17, 15) is 14.4 Å². The van der Waals surface area contributed by atoms with Crippen molar-refractivity contribution in [3.05, 3.63) is 0 Å². The number of rotatable bonds is 6. The number of carboxylic acids is 1. The van der Waals surface area contributed by atoms with Gasteiger partial charge in [0.2, 0.25) is 0 Å². The highest BCUT2D eigenvalue weighted by Crippen LogP contribution is 2.10. The quantitative estimate of drug-likeness (QED) is 0.543. The number of aliphatic hydroxyl groups excluding tert-OH is 1. The first-order valence-corrected chi connectivity index (χ1v) is 4.23. The van der Waals surface area contributed by atoms with Crippen LogP contribution in [0.15, 0.2) is 0 Å². The molecule has 78 valence electrons. The largest absolute Gasteiger partial charge is 0.481 e. The maximum absolute atomic E-state index is 12.1. The van der Waals surface area contributed by atoms with Crippen molar-refractivity contribution in [3.8, 4) is 0 Å². The molecule has 0 saturated heterocycles. The Balaban J connectivity index is 3.98. The van der Waals surface area contributed by atoms with Crippen molar-refractivity contribution in [2.24, 2.45) is 5.92 Å². The van der Waals surface area contributed by atoms with E-state index in [4.69, 9.17) is 5.11 Å². The molecule has 4 nitrogen and oxygen atoms in total. The fourth-order valence-electron chi connectivity index (χ4n) is 1.10. The summed E-state index contributed by atoms with van der Waals surface area (Å²) in [5, 5.41) is 17.6. The summed E-state index contributed by atoms with van der Waals surface area (Å²) in [6.45, 7) is 3.75. The lowest BCUT2D eigenvalue weighted by Crippen LogP contribution is -2.38. The monoisotopic (exact) mass is 193 g/mol. The van der Waals surface area contributed by atoms with Gasteiger partial charge in [-0.15, -0.1) is 4.48 Å². The number of carboxylic acid groups (broad SMARTS) is 1. The predicted octanol–water partition coefficient (Wildman–Crippen LogP) is 0.711. The molecule has 0 amide bonds. The zero-order valence-corrected chi connectivity index (χ0v) is 7.83. The van der Waals surface area contributed by atoms with Crippen LogP contribution >= 0.6 is 0 Å². The maximum atomic E-state index is 12.1. The van der Waals surface area contributed by atoms with E-state index in [1.165, 1.54) is 5.54 Å². The van der Waals surface area contributed by atoms with Gasteiger partial charge in [0.15, 0.2) is 0 Å². The molecule has 0 aliphatic rings. The van der Waals surface area contributed by atoms with Crippen molar-refractivity contribution in [3.63, 3.8) is 0 Å². The van der Waals surface area contributed by atoms with Gasteiger partial charge in [-0.2, -0.15) is 5.54 Å². The predicted molar refractivity (Wildman–Crippen MR) is 45.7 cm³/mol. The van der Waals surface area contributed by atoms with Crippen LogP contribution in [0, 0.1) is 5.92 Å². The fraction of sp³-hybridized carbons (Fsp3) is 0.875. The van der Waals surface area contributed by atoms with Crippen LogP contribution in [0.3, 0.4) is 0 Å². The Bertz CT molecular complexity index is 163. The van der Waals surface area contributed by atoms with Crippen molar-refractivity contribution in [1.29, 1.82) is 0 Å². The van der Waals surface area contributed by atoms with Crippen LogP contribution in [0.25, 0.3) is 0 Å². The summed E-state index contributed by atoms with van der Waals surface area (Å²) in [6.07, 6.45) is -1.20. The smallest absolute Gasteiger partial charge is 0.306 e. The second-order valence-corrected chi connectivity index (χ2v) is 3.51. The number of hydrogen-bond donors (Lipinski definition) is 3. The van der Waals surface area contributed by atoms with Crippen LogP contribution in [0.2, 0.25) is 0 Å². The Kier molecular flexibility index (Phi) is 5.57. The van der Waals surface area contributed by atoms with Crippen LogP contribution in [0.5, 0.6) is 0 Å². The highest BCUT2D eigenvalue weighted by atomic mass is 19.2. The van der Waals surface area contributed by atoms with Crippen molar-refractivity contribution >= 4 is 5.97 Å². The molecule has 0 saturated carbocycles. The first-order valence-electron chi connectivity index (χ1n) is 4.23. The highest BCUT2D eigenvalue weighted by molar-refractivity contribution is 5.67. The summed E-state index contributed by atoms with van der Waals surface area (Å²) in [4.78, 5) is 10.2. The number of hydrogen-bond acceptors (Lipinski definition) is 3. The van der Waals surface area contributed by atoms with Crippen molar-refractivity contribution in [2.75, 3.05) is 0 Å². The zero-order chi connectivity index (χ0) is 10.4. The van der Waals surface area contributed by atoms with Crippen molar-refractivity contribution < 1.29 is 19.5 Å². The van der Waals surface area contributed by atoms with Crippen LogP contribution in [0.1, 0.15) is 26.7 Å². The number of halogens is 1. The van der Waals surface area contributed by atoms with Gasteiger partial charge < -0.3 is 10.2 Å². The second kappa shape index (κ2) is 5.88. The van der Waals surface area contributed by atoms with Crippen LogP contribution in [-0.2, 0) is 4.79 Å². The molecule has 0 radical (unpaired) electrons. The normalized spacial score (nSPS) is 15.8. The van der Waals surface area contributed by atoms with Gasteiger partial charge in [-0.1, -0.05) is 13.8 Å². The third kappa shape index (κ3) is 5.54. The van der Waals surface area contributed by atoms with Crippen molar-refractivity contribution in [2.45, 2.75) is 38.8 Å². The van der Waals surface area contributed by atoms with Crippen LogP contribution in [0.4, 0.5) is 4.48 Å². The third-order valence-electron chi connectivity index (χ3n) is 1.71. The molecule has 0 bridgehead atoms. The molecular formula is C8H16FNO3. The molecule has 13 heavy (non-hydrogen) atoms. The van der Waals surface area contributed by atoms with Gasteiger partial charge in [0, 0.05) is 0 Å². The minimum Gasteiger partial charge on any atom is -0.481 e. The Morgan fingerprint density at radius 1 is 1.54 bits per heavy atom. The lowest BCUT2D eigenvalue weighted by atomic mass is 9.98. The minimum absolute atomic E-state index is 0.205. The van der Waals surface area contributed by atoms with E-state index >= 15 is 0 Å². The Morgan fingerprint density at radius 2 is 2.08 bits per heavy atom. The molecule has 0 rings (SSSR count). The molecule has 5 heteroatoms. The van der Waals surface area contributed by atoms with E-state index in [0.29, 0.717) is 6.42 Å². The molecule has 0 heterocycles. The number of nitrogens with one attached hydrogen (secondary N) is 1. The van der Waals surface area contributed by atoms with E-state index < -0.39 is 24.5 Å². The molecule has 0 aliphatic heterocycles. The number of aliphatic hydroxyl groups is 1. The van der Waals surface area contributed by atoms with E-state index in [0.717, 1.165) is 0 Å². The van der Waals surface area contributed by atoms with Gasteiger partial charge in [-0.05, 0) is 12.3 Å². The average Bonchev–Trinajstić information content (AvgIpc) is 1.98. The van der Waals surface area contributed by atoms with Crippen molar-refractivity contribution in [1.82, 2.24) is 5.54 Å². The SMILES string of the molecule is CC(C)C[C@H](NF)[C@@H](O)CC(=O)O. The Hall–Kier alpha value is -0.680. The molecule has 3 N–H and O–H groups in total. The summed E-state index contributed by atoms with van der Waals surface area (Å²) < 4.78 is 12.1. The first-order chi connectivity index (χ1) is 5.97. The molecule has 0 aromatic heterocycles. The van der Waals surface area contributed by atoms with Gasteiger partial charge in [-0.25, -0.2) is 0 Å². The molecule has 0 aromatic rings. The zero-order valence-electron chi connectivity index (χ0n) is 7.83. The molecular weight excluding hydrogens is 177 g/mol.